The summed E-state index contributed by atoms with van der Waals surface area (Å²) in [6.45, 7) is -1.35. The standard InChI is InChI=1S/C13H16F4N2O6S/c14-9-2-1-7(3-8(9)13(15,16)17)19-26(24,25)6-12(23)18-4-10(21)11(22)5-20/h1-3,10-11,19-22H,4-6H2,(H,18,23). The van der Waals surface area contributed by atoms with Crippen LogP contribution in [0.2, 0.25) is 0 Å². The number of sulfonamides is 1. The smallest absolute Gasteiger partial charge is 0.394 e. The highest BCUT2D eigenvalue weighted by Gasteiger charge is 2.34. The van der Waals surface area contributed by atoms with Gasteiger partial charge in [-0.15, -0.1) is 0 Å². The first-order valence-electron chi connectivity index (χ1n) is 6.96. The summed E-state index contributed by atoms with van der Waals surface area (Å²) in [5, 5.41) is 28.9. The second-order valence-corrected chi connectivity index (χ2v) is 6.90. The zero-order chi connectivity index (χ0) is 20.1. The van der Waals surface area contributed by atoms with Crippen molar-refractivity contribution in [1.82, 2.24) is 5.32 Å². The summed E-state index contributed by atoms with van der Waals surface area (Å²) >= 11 is 0. The minimum absolute atomic E-state index is 0.242. The fraction of sp³-hybridized carbons (Fsp3) is 0.462. The molecule has 0 spiro atoms. The van der Waals surface area contributed by atoms with Crippen molar-refractivity contribution in [2.24, 2.45) is 0 Å². The zero-order valence-corrected chi connectivity index (χ0v) is 13.8. The molecule has 0 saturated heterocycles. The van der Waals surface area contributed by atoms with Gasteiger partial charge in [-0.1, -0.05) is 0 Å². The second-order valence-electron chi connectivity index (χ2n) is 5.17. The molecule has 26 heavy (non-hydrogen) atoms. The van der Waals surface area contributed by atoms with E-state index in [9.17, 15) is 35.9 Å². The molecule has 0 aliphatic heterocycles. The van der Waals surface area contributed by atoms with Crippen LogP contribution in [0.5, 0.6) is 0 Å². The van der Waals surface area contributed by atoms with Gasteiger partial charge in [0.2, 0.25) is 15.9 Å². The van der Waals surface area contributed by atoms with Gasteiger partial charge >= 0.3 is 6.18 Å². The quantitative estimate of drug-likeness (QED) is 0.368. The molecule has 0 aliphatic rings. The normalized spacial score (nSPS) is 14.6. The lowest BCUT2D eigenvalue weighted by Crippen LogP contribution is -2.42. The van der Waals surface area contributed by atoms with Gasteiger partial charge in [0.15, 0.2) is 0 Å². The number of carbonyl (C=O) groups is 1. The van der Waals surface area contributed by atoms with Crippen LogP contribution in [-0.4, -0.2) is 60.8 Å². The molecule has 2 atom stereocenters. The Kier molecular flexibility index (Phi) is 7.32. The number of amides is 1. The summed E-state index contributed by atoms with van der Waals surface area (Å²) in [7, 11) is -4.43. The number of aliphatic hydroxyl groups is 3. The number of halogens is 4. The van der Waals surface area contributed by atoms with Crippen molar-refractivity contribution in [1.29, 1.82) is 0 Å². The van der Waals surface area contributed by atoms with Gasteiger partial charge in [0.25, 0.3) is 0 Å². The van der Waals surface area contributed by atoms with Crippen LogP contribution in [0, 0.1) is 5.82 Å². The van der Waals surface area contributed by atoms with Crippen molar-refractivity contribution >= 4 is 21.6 Å². The van der Waals surface area contributed by atoms with Crippen LogP contribution in [0.25, 0.3) is 0 Å². The molecule has 0 aromatic heterocycles. The van der Waals surface area contributed by atoms with Crippen LogP contribution in [0.4, 0.5) is 23.2 Å². The predicted octanol–water partition coefficient (Wildman–Crippen LogP) is -0.583. The van der Waals surface area contributed by atoms with Gasteiger partial charge in [-0.2, -0.15) is 13.2 Å². The van der Waals surface area contributed by atoms with E-state index in [4.69, 9.17) is 10.2 Å². The molecular formula is C13H16F4N2O6S. The molecule has 8 nitrogen and oxygen atoms in total. The topological polar surface area (TPSA) is 136 Å². The molecule has 1 aromatic rings. The highest BCUT2D eigenvalue weighted by molar-refractivity contribution is 7.93. The van der Waals surface area contributed by atoms with E-state index in [0.717, 1.165) is 6.07 Å². The van der Waals surface area contributed by atoms with Crippen LogP contribution >= 0.6 is 0 Å². The molecule has 0 saturated carbocycles. The SMILES string of the molecule is O=C(CS(=O)(=O)Nc1ccc(F)c(C(F)(F)F)c1)NCC(O)C(O)CO. The largest absolute Gasteiger partial charge is 0.419 e. The second kappa shape index (κ2) is 8.62. The first-order chi connectivity index (χ1) is 11.9. The van der Waals surface area contributed by atoms with Gasteiger partial charge in [0.1, 0.15) is 17.7 Å². The molecule has 1 rings (SSSR count). The van der Waals surface area contributed by atoms with Gasteiger partial charge in [-0.05, 0) is 18.2 Å². The molecule has 1 amide bonds. The number of hydrogen-bond acceptors (Lipinski definition) is 6. The van der Waals surface area contributed by atoms with E-state index in [1.807, 2.05) is 5.32 Å². The number of hydrogen-bond donors (Lipinski definition) is 5. The number of aliphatic hydroxyl groups excluding tert-OH is 3. The number of benzene rings is 1. The molecule has 0 heterocycles. The molecule has 0 aliphatic carbocycles. The number of nitrogens with one attached hydrogen (secondary N) is 2. The summed E-state index contributed by atoms with van der Waals surface area (Å²) in [6, 6.07) is 1.42. The molecule has 13 heteroatoms. The third-order valence-corrected chi connectivity index (χ3v) is 4.19. The Labute approximate surface area is 145 Å². The molecule has 5 N–H and O–H groups in total. The Bertz CT molecular complexity index is 741. The zero-order valence-electron chi connectivity index (χ0n) is 13.0. The van der Waals surface area contributed by atoms with E-state index >= 15 is 0 Å². The molecule has 2 unspecified atom stereocenters. The van der Waals surface area contributed by atoms with Crippen molar-refractivity contribution in [2.75, 3.05) is 23.6 Å². The molecule has 0 radical (unpaired) electrons. The average molecular weight is 404 g/mol. The summed E-state index contributed by atoms with van der Waals surface area (Å²) in [4.78, 5) is 11.5. The van der Waals surface area contributed by atoms with Crippen molar-refractivity contribution in [3.8, 4) is 0 Å². The fourth-order valence-corrected chi connectivity index (χ4v) is 2.73. The van der Waals surface area contributed by atoms with Crippen LogP contribution < -0.4 is 10.0 Å². The van der Waals surface area contributed by atoms with E-state index in [0.29, 0.717) is 6.07 Å². The predicted molar refractivity (Wildman–Crippen MR) is 80.9 cm³/mol. The van der Waals surface area contributed by atoms with Crippen LogP contribution in [0.3, 0.4) is 0 Å². The third kappa shape index (κ3) is 6.74. The van der Waals surface area contributed by atoms with Crippen molar-refractivity contribution in [3.63, 3.8) is 0 Å². The lowest BCUT2D eigenvalue weighted by molar-refractivity contribution is -0.140. The van der Waals surface area contributed by atoms with E-state index in [1.54, 1.807) is 4.72 Å². The summed E-state index contributed by atoms with van der Waals surface area (Å²) in [5.74, 6) is -3.91. The van der Waals surface area contributed by atoms with Crippen LogP contribution in [0.15, 0.2) is 18.2 Å². The Morgan fingerprint density at radius 3 is 2.35 bits per heavy atom. The maximum atomic E-state index is 13.2. The Balaban J connectivity index is 2.74. The molecular weight excluding hydrogens is 388 g/mol. The van der Waals surface area contributed by atoms with Gasteiger partial charge in [0.05, 0.1) is 18.3 Å². The highest BCUT2D eigenvalue weighted by atomic mass is 32.2. The van der Waals surface area contributed by atoms with Gasteiger partial charge in [-0.3, -0.25) is 9.52 Å². The Hall–Kier alpha value is -1.96. The molecule has 0 fully saturated rings. The van der Waals surface area contributed by atoms with Crippen LogP contribution in [-0.2, 0) is 21.0 Å². The number of rotatable bonds is 8. The average Bonchev–Trinajstić information content (AvgIpc) is 2.51. The monoisotopic (exact) mass is 404 g/mol. The van der Waals surface area contributed by atoms with Gasteiger partial charge in [0, 0.05) is 12.2 Å². The van der Waals surface area contributed by atoms with E-state index in [-0.39, 0.29) is 6.07 Å². The first kappa shape index (κ1) is 22.1. The number of alkyl halides is 3. The lowest BCUT2D eigenvalue weighted by Gasteiger charge is -2.16. The first-order valence-corrected chi connectivity index (χ1v) is 8.62. The van der Waals surface area contributed by atoms with Crippen LogP contribution in [0.1, 0.15) is 5.56 Å². The van der Waals surface area contributed by atoms with Gasteiger partial charge in [-0.25, -0.2) is 12.8 Å². The summed E-state index contributed by atoms with van der Waals surface area (Å²) in [6.07, 6.45) is -8.14. The van der Waals surface area contributed by atoms with E-state index < -0.39 is 70.3 Å². The van der Waals surface area contributed by atoms with E-state index in [2.05, 4.69) is 0 Å². The lowest BCUT2D eigenvalue weighted by atomic mass is 10.2. The highest BCUT2D eigenvalue weighted by Crippen LogP contribution is 2.33. The van der Waals surface area contributed by atoms with E-state index in [1.165, 1.54) is 0 Å². The minimum Gasteiger partial charge on any atom is -0.394 e. The summed E-state index contributed by atoms with van der Waals surface area (Å²) in [5.41, 5.74) is -2.27. The maximum Gasteiger partial charge on any atom is 0.419 e. The number of carbonyl (C=O) groups excluding carboxylic acids is 1. The van der Waals surface area contributed by atoms with Gasteiger partial charge < -0.3 is 20.6 Å². The molecule has 148 valence electrons. The van der Waals surface area contributed by atoms with Crippen molar-refractivity contribution in [2.45, 2.75) is 18.4 Å². The van der Waals surface area contributed by atoms with Crippen molar-refractivity contribution < 1.29 is 46.1 Å². The summed E-state index contributed by atoms with van der Waals surface area (Å²) < 4.78 is 76.2. The number of anilines is 1. The van der Waals surface area contributed by atoms with Crippen molar-refractivity contribution in [3.05, 3.63) is 29.6 Å². The third-order valence-electron chi connectivity index (χ3n) is 3.01. The molecule has 1 aromatic carbocycles. The molecule has 0 bridgehead atoms. The maximum absolute atomic E-state index is 13.2. The fourth-order valence-electron chi connectivity index (χ4n) is 1.72. The Morgan fingerprint density at radius 1 is 1.19 bits per heavy atom. The minimum atomic E-state index is -5.04. The Morgan fingerprint density at radius 2 is 1.81 bits per heavy atom.